The molecule has 2 bridgehead atoms. The van der Waals surface area contributed by atoms with E-state index in [1.165, 1.54) is 0 Å². The molecule has 4 saturated heterocycles. The quantitative estimate of drug-likeness (QED) is 0.395. The lowest BCUT2D eigenvalue weighted by Gasteiger charge is -2.42. The third kappa shape index (κ3) is 6.63. The first-order valence-corrected chi connectivity index (χ1v) is 16.1. The molecule has 0 aromatic carbocycles. The van der Waals surface area contributed by atoms with Crippen LogP contribution in [0, 0.1) is 0 Å². The number of ether oxygens (including phenoxy) is 1. The summed E-state index contributed by atoms with van der Waals surface area (Å²) in [6, 6.07) is 4.06. The lowest BCUT2D eigenvalue weighted by molar-refractivity contribution is -0.151. The smallest absolute Gasteiger partial charge is 0.379 e. The minimum absolute atomic E-state index is 0.0432. The fraction of sp³-hybridized carbons (Fsp3) is 0.633. The van der Waals surface area contributed by atoms with Gasteiger partial charge in [-0.2, -0.15) is 23.3 Å². The summed E-state index contributed by atoms with van der Waals surface area (Å²) in [5.41, 5.74) is 2.13. The molecule has 46 heavy (non-hydrogen) atoms. The summed E-state index contributed by atoms with van der Waals surface area (Å²) in [5.74, 6) is -0.0126. The largest absolute Gasteiger partial charge is 0.389 e. The van der Waals surface area contributed by atoms with E-state index in [0.29, 0.717) is 36.4 Å². The van der Waals surface area contributed by atoms with E-state index in [-0.39, 0.29) is 24.5 Å². The Balaban J connectivity index is 0.954. The van der Waals surface area contributed by atoms with Crippen molar-refractivity contribution in [1.82, 2.24) is 39.1 Å². The van der Waals surface area contributed by atoms with Crippen LogP contribution >= 0.6 is 0 Å². The number of piperidine rings is 1. The van der Waals surface area contributed by atoms with Gasteiger partial charge in [-0.25, -0.2) is 4.52 Å². The second kappa shape index (κ2) is 12.7. The van der Waals surface area contributed by atoms with Crippen molar-refractivity contribution < 1.29 is 27.5 Å². The van der Waals surface area contributed by atoms with Crippen molar-refractivity contribution in [2.75, 3.05) is 62.7 Å². The van der Waals surface area contributed by atoms with Crippen LogP contribution in [0.1, 0.15) is 38.5 Å². The first-order chi connectivity index (χ1) is 22.2. The Labute approximate surface area is 264 Å². The second-order valence-corrected chi connectivity index (χ2v) is 12.6. The number of morpholine rings is 1. The number of alkyl halides is 3. The summed E-state index contributed by atoms with van der Waals surface area (Å²) in [7, 11) is 0. The van der Waals surface area contributed by atoms with Crippen molar-refractivity contribution in [2.45, 2.75) is 69.4 Å². The van der Waals surface area contributed by atoms with Crippen LogP contribution in [0.3, 0.4) is 0 Å². The SMILES string of the molecule is O=C(Cn1cc(Nc2nc3c(N4CC5CCC(C4)N5C(=O)CCC(F)(F)F)cccn3n2)cn1)N1CCC(N2CCOCC2)CC1. The Morgan fingerprint density at radius 3 is 2.43 bits per heavy atom. The molecular formula is C30H39F3N10O3. The summed E-state index contributed by atoms with van der Waals surface area (Å²) in [5, 5.41) is 12.1. The van der Waals surface area contributed by atoms with Gasteiger partial charge in [-0.1, -0.05) is 0 Å². The molecule has 0 saturated carbocycles. The molecule has 16 heteroatoms. The van der Waals surface area contributed by atoms with Gasteiger partial charge in [0.15, 0.2) is 5.65 Å². The maximum atomic E-state index is 13.0. The highest BCUT2D eigenvalue weighted by Crippen LogP contribution is 2.35. The van der Waals surface area contributed by atoms with Gasteiger partial charge in [0, 0.05) is 76.2 Å². The predicted molar refractivity (Wildman–Crippen MR) is 162 cm³/mol. The van der Waals surface area contributed by atoms with E-state index in [1.54, 1.807) is 32.7 Å². The lowest BCUT2D eigenvalue weighted by atomic mass is 10.0. The molecule has 2 unspecified atom stereocenters. The minimum Gasteiger partial charge on any atom is -0.379 e. The van der Waals surface area contributed by atoms with Gasteiger partial charge in [-0.3, -0.25) is 19.2 Å². The zero-order chi connectivity index (χ0) is 31.8. The van der Waals surface area contributed by atoms with Crippen LogP contribution in [0.15, 0.2) is 30.7 Å². The number of nitrogens with zero attached hydrogens (tertiary/aromatic N) is 9. The molecule has 4 aliphatic heterocycles. The van der Waals surface area contributed by atoms with Gasteiger partial charge in [0.25, 0.3) is 0 Å². The average molecular weight is 645 g/mol. The Bertz CT molecular complexity index is 1530. The number of likely N-dealkylation sites (tertiary alicyclic amines) is 1. The van der Waals surface area contributed by atoms with Crippen molar-refractivity contribution in [2.24, 2.45) is 0 Å². The monoisotopic (exact) mass is 644 g/mol. The molecule has 3 aromatic heterocycles. The van der Waals surface area contributed by atoms with Gasteiger partial charge >= 0.3 is 6.18 Å². The summed E-state index contributed by atoms with van der Waals surface area (Å²) >= 11 is 0. The van der Waals surface area contributed by atoms with Gasteiger partial charge in [-0.05, 0) is 37.8 Å². The predicted octanol–water partition coefficient (Wildman–Crippen LogP) is 2.51. The molecule has 1 N–H and O–H groups in total. The fourth-order valence-corrected chi connectivity index (χ4v) is 7.38. The molecule has 2 amide bonds. The number of carbonyl (C=O) groups is 2. The number of rotatable bonds is 8. The van der Waals surface area contributed by atoms with Crippen LogP contribution in [0.25, 0.3) is 5.65 Å². The number of anilines is 3. The number of piperazine rings is 1. The van der Waals surface area contributed by atoms with Crippen molar-refractivity contribution in [1.29, 1.82) is 0 Å². The summed E-state index contributed by atoms with van der Waals surface area (Å²) in [6.45, 7) is 6.16. The molecule has 248 valence electrons. The molecule has 7 heterocycles. The van der Waals surface area contributed by atoms with Gasteiger partial charge in [0.05, 0.1) is 37.2 Å². The molecule has 0 spiro atoms. The summed E-state index contributed by atoms with van der Waals surface area (Å²) in [6.07, 6.45) is 2.71. The number of halogens is 3. The first-order valence-electron chi connectivity index (χ1n) is 16.1. The van der Waals surface area contributed by atoms with Crippen molar-refractivity contribution in [3.8, 4) is 0 Å². The van der Waals surface area contributed by atoms with Gasteiger partial charge in [-0.15, -0.1) is 5.10 Å². The van der Waals surface area contributed by atoms with E-state index >= 15 is 0 Å². The normalized spacial score (nSPS) is 23.0. The molecule has 3 aromatic rings. The number of aromatic nitrogens is 5. The van der Waals surface area contributed by atoms with Crippen LogP contribution in [0.2, 0.25) is 0 Å². The topological polar surface area (TPSA) is 116 Å². The van der Waals surface area contributed by atoms with Crippen LogP contribution in [-0.2, 0) is 20.9 Å². The number of hydrogen-bond acceptors (Lipinski definition) is 9. The highest BCUT2D eigenvalue weighted by atomic mass is 19.4. The number of carbonyl (C=O) groups excluding carboxylic acids is 2. The zero-order valence-corrected chi connectivity index (χ0v) is 25.6. The fourth-order valence-electron chi connectivity index (χ4n) is 7.38. The van der Waals surface area contributed by atoms with Crippen molar-refractivity contribution in [3.63, 3.8) is 0 Å². The van der Waals surface area contributed by atoms with Crippen molar-refractivity contribution in [3.05, 3.63) is 30.7 Å². The van der Waals surface area contributed by atoms with Crippen LogP contribution in [0.4, 0.5) is 30.5 Å². The molecule has 2 atom stereocenters. The summed E-state index contributed by atoms with van der Waals surface area (Å²) < 4.78 is 46.9. The number of amides is 2. The molecule has 4 fully saturated rings. The molecule has 4 aliphatic rings. The summed E-state index contributed by atoms with van der Waals surface area (Å²) in [4.78, 5) is 38.6. The lowest BCUT2D eigenvalue weighted by Crippen LogP contribution is -2.56. The zero-order valence-electron chi connectivity index (χ0n) is 25.6. The number of pyridine rings is 1. The molecular weight excluding hydrogens is 605 g/mol. The van der Waals surface area contributed by atoms with E-state index in [2.05, 4.69) is 25.3 Å². The third-order valence-corrected chi connectivity index (χ3v) is 9.64. The van der Waals surface area contributed by atoms with E-state index in [0.717, 1.165) is 70.8 Å². The highest BCUT2D eigenvalue weighted by molar-refractivity contribution is 5.79. The Morgan fingerprint density at radius 2 is 1.72 bits per heavy atom. The Morgan fingerprint density at radius 1 is 0.978 bits per heavy atom. The van der Waals surface area contributed by atoms with E-state index < -0.39 is 24.9 Å². The molecule has 13 nitrogen and oxygen atoms in total. The Kier molecular flexibility index (Phi) is 8.48. The molecule has 0 aliphatic carbocycles. The Hall–Kier alpha value is -3.92. The molecule has 7 rings (SSSR count). The van der Waals surface area contributed by atoms with Crippen LogP contribution < -0.4 is 10.2 Å². The van der Waals surface area contributed by atoms with Gasteiger partial charge < -0.3 is 24.8 Å². The van der Waals surface area contributed by atoms with Gasteiger partial charge in [0.1, 0.15) is 6.54 Å². The van der Waals surface area contributed by atoms with E-state index in [9.17, 15) is 22.8 Å². The minimum atomic E-state index is -4.34. The third-order valence-electron chi connectivity index (χ3n) is 9.64. The standard InChI is InChI=1S/C30H39F3N10O3/c31-30(32,33)8-5-26(44)43-23-3-4-24(43)19-40(18-23)25-2-1-9-42-28(25)36-29(37-42)35-21-16-34-41(17-21)20-27(45)39-10-6-22(7-11-39)38-12-14-46-15-13-38/h1-2,9,16-17,22-24H,3-8,10-15,18-20H2,(H,35,37). The highest BCUT2D eigenvalue weighted by Gasteiger charge is 2.43. The molecule has 0 radical (unpaired) electrons. The number of nitrogens with one attached hydrogen (secondary N) is 1. The van der Waals surface area contributed by atoms with Crippen molar-refractivity contribution >= 4 is 34.8 Å². The first kappa shape index (κ1) is 30.7. The van der Waals surface area contributed by atoms with E-state index in [1.807, 2.05) is 17.0 Å². The van der Waals surface area contributed by atoms with Crippen LogP contribution in [0.5, 0.6) is 0 Å². The number of fused-ring (bicyclic) bond motifs is 3. The average Bonchev–Trinajstić information content (AvgIpc) is 3.75. The number of hydrogen-bond donors (Lipinski definition) is 1. The van der Waals surface area contributed by atoms with Crippen LogP contribution in [-0.4, -0.2) is 128 Å². The second-order valence-electron chi connectivity index (χ2n) is 12.6. The van der Waals surface area contributed by atoms with Gasteiger partial charge in [0.2, 0.25) is 17.8 Å². The van der Waals surface area contributed by atoms with E-state index in [4.69, 9.17) is 9.72 Å². The maximum Gasteiger partial charge on any atom is 0.389 e. The maximum absolute atomic E-state index is 13.0.